The van der Waals surface area contributed by atoms with Crippen LogP contribution in [0.15, 0.2) is 18.2 Å². The highest BCUT2D eigenvalue weighted by atomic mass is 16.6. The molecule has 5 nitrogen and oxygen atoms in total. The largest absolute Gasteiger partial charge is 0.493 e. The fourth-order valence-electron chi connectivity index (χ4n) is 4.08. The highest BCUT2D eigenvalue weighted by Crippen LogP contribution is 2.33. The predicted octanol–water partition coefficient (Wildman–Crippen LogP) is 9.35. The van der Waals surface area contributed by atoms with Crippen LogP contribution < -0.4 is 14.2 Å². The Labute approximate surface area is 220 Å². The van der Waals surface area contributed by atoms with Crippen LogP contribution in [-0.2, 0) is 9.59 Å². The first kappa shape index (κ1) is 32.0. The fourth-order valence-corrected chi connectivity index (χ4v) is 4.08. The van der Waals surface area contributed by atoms with E-state index in [0.29, 0.717) is 25.2 Å². The normalized spacial score (nSPS) is 10.9. The molecule has 0 radical (unpaired) electrons. The van der Waals surface area contributed by atoms with Crippen LogP contribution >= 0.6 is 0 Å². The third-order valence-corrected chi connectivity index (χ3v) is 6.35. The van der Waals surface area contributed by atoms with E-state index in [1.165, 1.54) is 57.8 Å². The molecule has 1 aromatic carbocycles. The first-order chi connectivity index (χ1) is 17.6. The van der Waals surface area contributed by atoms with Crippen LogP contribution in [0.4, 0.5) is 0 Å². The predicted molar refractivity (Wildman–Crippen MR) is 148 cm³/mol. The van der Waals surface area contributed by atoms with Crippen LogP contribution in [0.3, 0.4) is 0 Å². The third kappa shape index (κ3) is 16.6. The fraction of sp³-hybridized carbons (Fsp3) is 0.742. The highest BCUT2D eigenvalue weighted by molar-refractivity contribution is 5.76. The number of rotatable bonds is 23. The summed E-state index contributed by atoms with van der Waals surface area (Å²) in [6, 6.07) is 5.15. The second kappa shape index (κ2) is 22.2. The summed E-state index contributed by atoms with van der Waals surface area (Å²) in [6.07, 6.45) is 19.9. The van der Waals surface area contributed by atoms with Gasteiger partial charge in [0.1, 0.15) is 5.75 Å². The molecule has 0 atom stereocenters. The first-order valence-electron chi connectivity index (χ1n) is 14.8. The molecule has 1 aromatic rings. The summed E-state index contributed by atoms with van der Waals surface area (Å²) in [5, 5.41) is 0. The first-order valence-corrected chi connectivity index (χ1v) is 14.8. The Morgan fingerprint density at radius 3 is 1.53 bits per heavy atom. The minimum Gasteiger partial charge on any atom is -0.493 e. The van der Waals surface area contributed by atoms with Gasteiger partial charge in [-0.05, 0) is 31.4 Å². The molecule has 0 spiro atoms. The average molecular weight is 505 g/mol. The Hall–Kier alpha value is -2.04. The highest BCUT2D eigenvalue weighted by Gasteiger charge is 2.15. The summed E-state index contributed by atoms with van der Waals surface area (Å²) < 4.78 is 17.1. The van der Waals surface area contributed by atoms with E-state index < -0.39 is 0 Å². The molecular weight excluding hydrogens is 452 g/mol. The summed E-state index contributed by atoms with van der Waals surface area (Å²) in [4.78, 5) is 24.9. The van der Waals surface area contributed by atoms with Crippen molar-refractivity contribution in [3.8, 4) is 17.2 Å². The number of carbonyl (C=O) groups is 2. The van der Waals surface area contributed by atoms with Crippen molar-refractivity contribution >= 4 is 11.9 Å². The molecular formula is C31H52O5. The number of benzene rings is 1. The molecule has 0 fully saturated rings. The standard InChI is InChI=1S/C31H52O5/c1-4-7-10-13-14-17-20-25-34-27-23-24-28(35-30(32)21-18-15-11-8-5-2)29(26-27)36-31(33)22-19-16-12-9-6-3/h23-24,26H,4-22,25H2,1-3H3. The molecule has 36 heavy (non-hydrogen) atoms. The van der Waals surface area contributed by atoms with Crippen molar-refractivity contribution < 1.29 is 23.8 Å². The topological polar surface area (TPSA) is 61.8 Å². The van der Waals surface area contributed by atoms with Crippen molar-refractivity contribution in [2.45, 2.75) is 143 Å². The van der Waals surface area contributed by atoms with Gasteiger partial charge in [-0.3, -0.25) is 9.59 Å². The molecule has 0 aromatic heterocycles. The number of esters is 2. The van der Waals surface area contributed by atoms with E-state index in [1.54, 1.807) is 18.2 Å². The van der Waals surface area contributed by atoms with E-state index in [1.807, 2.05) is 0 Å². The molecule has 0 aliphatic rings. The van der Waals surface area contributed by atoms with Gasteiger partial charge in [0.25, 0.3) is 0 Å². The van der Waals surface area contributed by atoms with Crippen LogP contribution in [0.5, 0.6) is 17.2 Å². The molecule has 1 rings (SSSR count). The maximum absolute atomic E-state index is 12.5. The van der Waals surface area contributed by atoms with Crippen molar-refractivity contribution in [2.24, 2.45) is 0 Å². The van der Waals surface area contributed by atoms with Crippen molar-refractivity contribution in [1.29, 1.82) is 0 Å². The molecule has 206 valence electrons. The molecule has 0 aliphatic heterocycles. The van der Waals surface area contributed by atoms with Crippen molar-refractivity contribution in [1.82, 2.24) is 0 Å². The van der Waals surface area contributed by atoms with E-state index in [-0.39, 0.29) is 23.4 Å². The van der Waals surface area contributed by atoms with Gasteiger partial charge in [0.05, 0.1) is 6.61 Å². The molecule has 5 heteroatoms. The quantitative estimate of drug-likeness (QED) is 0.0844. The van der Waals surface area contributed by atoms with Gasteiger partial charge >= 0.3 is 11.9 Å². The molecule has 0 bridgehead atoms. The minimum atomic E-state index is -0.299. The van der Waals surface area contributed by atoms with Gasteiger partial charge in [-0.25, -0.2) is 0 Å². The lowest BCUT2D eigenvalue weighted by atomic mass is 10.1. The smallest absolute Gasteiger partial charge is 0.311 e. The lowest BCUT2D eigenvalue weighted by Crippen LogP contribution is -2.12. The van der Waals surface area contributed by atoms with Gasteiger partial charge in [0.2, 0.25) is 0 Å². The zero-order valence-electron chi connectivity index (χ0n) is 23.4. The number of carbonyl (C=O) groups excluding carboxylic acids is 2. The zero-order chi connectivity index (χ0) is 26.3. The zero-order valence-corrected chi connectivity index (χ0v) is 23.4. The maximum atomic E-state index is 12.5. The maximum Gasteiger partial charge on any atom is 0.311 e. The molecule has 0 heterocycles. The van der Waals surface area contributed by atoms with Crippen LogP contribution in [0, 0.1) is 0 Å². The SMILES string of the molecule is CCCCCCCCCOc1ccc(OC(=O)CCCCCCC)c(OC(=O)CCCCCCC)c1. The van der Waals surface area contributed by atoms with E-state index in [0.717, 1.165) is 51.4 Å². The van der Waals surface area contributed by atoms with Crippen molar-refractivity contribution in [2.75, 3.05) is 6.61 Å². The lowest BCUT2D eigenvalue weighted by molar-refractivity contribution is -0.137. The van der Waals surface area contributed by atoms with Gasteiger partial charge in [-0.15, -0.1) is 0 Å². The minimum absolute atomic E-state index is 0.268. The number of ether oxygens (including phenoxy) is 3. The van der Waals surface area contributed by atoms with Gasteiger partial charge in [0.15, 0.2) is 11.5 Å². The van der Waals surface area contributed by atoms with Crippen LogP contribution in [0.1, 0.15) is 143 Å². The summed E-state index contributed by atoms with van der Waals surface area (Å²) in [5.74, 6) is 0.597. The monoisotopic (exact) mass is 504 g/mol. The third-order valence-electron chi connectivity index (χ3n) is 6.35. The molecule has 0 saturated carbocycles. The summed E-state index contributed by atoms with van der Waals surface area (Å²) >= 11 is 0. The van der Waals surface area contributed by atoms with Crippen LogP contribution in [-0.4, -0.2) is 18.5 Å². The summed E-state index contributed by atoms with van der Waals surface area (Å²) in [7, 11) is 0. The van der Waals surface area contributed by atoms with Crippen LogP contribution in [0.25, 0.3) is 0 Å². The Kier molecular flexibility index (Phi) is 19.7. The Morgan fingerprint density at radius 2 is 1.00 bits per heavy atom. The molecule has 0 amide bonds. The van der Waals surface area contributed by atoms with Gasteiger partial charge in [0, 0.05) is 18.9 Å². The second-order valence-electron chi connectivity index (χ2n) is 9.85. The van der Waals surface area contributed by atoms with E-state index in [2.05, 4.69) is 20.8 Å². The van der Waals surface area contributed by atoms with Crippen LogP contribution in [0.2, 0.25) is 0 Å². The molecule has 0 saturated heterocycles. The molecule has 0 unspecified atom stereocenters. The van der Waals surface area contributed by atoms with Crippen molar-refractivity contribution in [3.05, 3.63) is 18.2 Å². The van der Waals surface area contributed by atoms with Crippen molar-refractivity contribution in [3.63, 3.8) is 0 Å². The molecule has 0 aliphatic carbocycles. The number of hydrogen-bond acceptors (Lipinski definition) is 5. The Balaban J connectivity index is 2.62. The van der Waals surface area contributed by atoms with Gasteiger partial charge in [-0.2, -0.15) is 0 Å². The molecule has 0 N–H and O–H groups in total. The Morgan fingerprint density at radius 1 is 0.556 bits per heavy atom. The average Bonchev–Trinajstić information content (AvgIpc) is 2.87. The van der Waals surface area contributed by atoms with E-state index in [9.17, 15) is 9.59 Å². The van der Waals surface area contributed by atoms with E-state index in [4.69, 9.17) is 14.2 Å². The van der Waals surface area contributed by atoms with Gasteiger partial charge in [-0.1, -0.05) is 111 Å². The summed E-state index contributed by atoms with van der Waals surface area (Å²) in [6.45, 7) is 7.19. The number of unbranched alkanes of at least 4 members (excludes halogenated alkanes) is 14. The Bertz CT molecular complexity index is 700. The van der Waals surface area contributed by atoms with E-state index >= 15 is 0 Å². The van der Waals surface area contributed by atoms with Gasteiger partial charge < -0.3 is 14.2 Å². The second-order valence-corrected chi connectivity index (χ2v) is 9.85. The lowest BCUT2D eigenvalue weighted by Gasteiger charge is -2.13. The summed E-state index contributed by atoms with van der Waals surface area (Å²) in [5.41, 5.74) is 0. The number of hydrogen-bond donors (Lipinski definition) is 0.